The monoisotopic (exact) mass is 404 g/mol. The number of hydrogen-bond acceptors (Lipinski definition) is 5. The number of nitrogens with zero attached hydrogens (tertiary/aromatic N) is 2. The van der Waals surface area contributed by atoms with Gasteiger partial charge in [0.1, 0.15) is 17.5 Å². The van der Waals surface area contributed by atoms with Gasteiger partial charge in [-0.1, -0.05) is 30.3 Å². The Hall–Kier alpha value is -3.71. The molecule has 0 radical (unpaired) electrons. The summed E-state index contributed by atoms with van der Waals surface area (Å²) in [6.45, 7) is 0. The van der Waals surface area contributed by atoms with Crippen LogP contribution in [0.4, 0.5) is 15.8 Å². The molecule has 2 saturated heterocycles. The maximum absolute atomic E-state index is 13.4. The van der Waals surface area contributed by atoms with Crippen molar-refractivity contribution in [2.75, 3.05) is 9.96 Å². The fourth-order valence-electron chi connectivity index (χ4n) is 4.11. The van der Waals surface area contributed by atoms with E-state index in [1.165, 1.54) is 30.3 Å². The standard InChI is InChI=1S/C23H17FN2O4/c24-15-9-11-16(12-10-15)25-22(28)19-20(14-5-4-8-18(27)13-14)26(30-21(19)23(25)29)17-6-2-1-3-7-17/h1-13,19-21,27H/t19-,20-,21+/m0/s1. The topological polar surface area (TPSA) is 70.1 Å². The number of anilines is 2. The highest BCUT2D eigenvalue weighted by atomic mass is 19.1. The molecule has 2 aliphatic heterocycles. The molecule has 2 aliphatic rings. The van der Waals surface area contributed by atoms with E-state index in [1.54, 1.807) is 23.3 Å². The number of hydrogen-bond donors (Lipinski definition) is 1. The van der Waals surface area contributed by atoms with E-state index in [-0.39, 0.29) is 5.75 Å². The van der Waals surface area contributed by atoms with Gasteiger partial charge in [0, 0.05) is 0 Å². The van der Waals surface area contributed by atoms with Crippen molar-refractivity contribution in [2.24, 2.45) is 5.92 Å². The summed E-state index contributed by atoms with van der Waals surface area (Å²) >= 11 is 0. The number of rotatable bonds is 3. The normalized spacial score (nSPS) is 23.2. The lowest BCUT2D eigenvalue weighted by atomic mass is 9.90. The average Bonchev–Trinajstić information content (AvgIpc) is 3.26. The van der Waals surface area contributed by atoms with Gasteiger partial charge >= 0.3 is 0 Å². The molecule has 3 aromatic carbocycles. The first-order valence-corrected chi connectivity index (χ1v) is 9.48. The molecule has 1 N–H and O–H groups in total. The molecule has 2 amide bonds. The van der Waals surface area contributed by atoms with E-state index in [0.717, 1.165) is 4.90 Å². The van der Waals surface area contributed by atoms with Crippen LogP contribution in [0.1, 0.15) is 11.6 Å². The minimum atomic E-state index is -1.02. The second-order valence-corrected chi connectivity index (χ2v) is 7.24. The van der Waals surface area contributed by atoms with Gasteiger partial charge in [-0.3, -0.25) is 14.4 Å². The number of carbonyl (C=O) groups is 2. The Bertz CT molecular complexity index is 1120. The quantitative estimate of drug-likeness (QED) is 0.676. The number of imide groups is 1. The van der Waals surface area contributed by atoms with Gasteiger partial charge in [0.15, 0.2) is 6.10 Å². The Morgan fingerprint density at radius 1 is 0.833 bits per heavy atom. The summed E-state index contributed by atoms with van der Waals surface area (Å²) in [6, 6.07) is 20.3. The van der Waals surface area contributed by atoms with E-state index < -0.39 is 35.7 Å². The third kappa shape index (κ3) is 2.83. The number of fused-ring (bicyclic) bond motifs is 1. The Labute approximate surface area is 171 Å². The molecular formula is C23H17FN2O4. The predicted molar refractivity (Wildman–Crippen MR) is 107 cm³/mol. The fourth-order valence-corrected chi connectivity index (χ4v) is 4.11. The highest BCUT2D eigenvalue weighted by Gasteiger charge is 2.60. The van der Waals surface area contributed by atoms with Gasteiger partial charge in [0.2, 0.25) is 5.91 Å². The van der Waals surface area contributed by atoms with Gasteiger partial charge in [0.25, 0.3) is 5.91 Å². The van der Waals surface area contributed by atoms with Crippen molar-refractivity contribution in [2.45, 2.75) is 12.1 Å². The Kier molecular flexibility index (Phi) is 4.25. The van der Waals surface area contributed by atoms with Crippen LogP contribution in [0.3, 0.4) is 0 Å². The van der Waals surface area contributed by atoms with Crippen LogP contribution in [0.25, 0.3) is 0 Å². The molecule has 3 aromatic rings. The van der Waals surface area contributed by atoms with Crippen LogP contribution in [0.15, 0.2) is 78.9 Å². The highest BCUT2D eigenvalue weighted by molar-refractivity contribution is 6.23. The molecule has 6 nitrogen and oxygen atoms in total. The summed E-state index contributed by atoms with van der Waals surface area (Å²) in [6.07, 6.45) is -1.02. The number of aromatic hydroxyl groups is 1. The number of carbonyl (C=O) groups excluding carboxylic acids is 2. The van der Waals surface area contributed by atoms with Crippen molar-refractivity contribution < 1.29 is 23.9 Å². The molecule has 0 spiro atoms. The number of phenols is 1. The second-order valence-electron chi connectivity index (χ2n) is 7.24. The third-order valence-electron chi connectivity index (χ3n) is 5.42. The van der Waals surface area contributed by atoms with Gasteiger partial charge in [-0.2, -0.15) is 0 Å². The van der Waals surface area contributed by atoms with E-state index in [0.29, 0.717) is 16.9 Å². The SMILES string of the molecule is O=C1[C@@H]2[C@@H](ON(c3ccccc3)[C@H]2c2cccc(O)c2)C(=O)N1c1ccc(F)cc1. The molecule has 2 heterocycles. The number of hydroxylamine groups is 1. The van der Waals surface area contributed by atoms with Crippen LogP contribution < -0.4 is 9.96 Å². The highest BCUT2D eigenvalue weighted by Crippen LogP contribution is 2.47. The molecule has 0 aromatic heterocycles. The molecule has 2 fully saturated rings. The Balaban J connectivity index is 1.59. The van der Waals surface area contributed by atoms with Crippen LogP contribution >= 0.6 is 0 Å². The van der Waals surface area contributed by atoms with E-state index >= 15 is 0 Å². The first kappa shape index (κ1) is 18.3. The van der Waals surface area contributed by atoms with Crippen molar-refractivity contribution in [3.8, 4) is 5.75 Å². The summed E-state index contributed by atoms with van der Waals surface area (Å²) in [7, 11) is 0. The predicted octanol–water partition coefficient (Wildman–Crippen LogP) is 3.58. The molecule has 30 heavy (non-hydrogen) atoms. The lowest BCUT2D eigenvalue weighted by molar-refractivity contribution is -0.126. The van der Waals surface area contributed by atoms with Crippen LogP contribution in [0.5, 0.6) is 5.75 Å². The maximum Gasteiger partial charge on any atom is 0.266 e. The molecule has 0 saturated carbocycles. The molecule has 0 bridgehead atoms. The minimum Gasteiger partial charge on any atom is -0.508 e. The Morgan fingerprint density at radius 3 is 2.27 bits per heavy atom. The molecule has 0 aliphatic carbocycles. The van der Waals surface area contributed by atoms with Crippen molar-refractivity contribution in [3.63, 3.8) is 0 Å². The Morgan fingerprint density at radius 2 is 1.57 bits per heavy atom. The summed E-state index contributed by atoms with van der Waals surface area (Å²) in [5, 5.41) is 11.5. The van der Waals surface area contributed by atoms with Crippen molar-refractivity contribution in [3.05, 3.63) is 90.2 Å². The van der Waals surface area contributed by atoms with Crippen molar-refractivity contribution in [1.29, 1.82) is 0 Å². The van der Waals surface area contributed by atoms with Gasteiger partial charge in [-0.05, 0) is 54.1 Å². The van der Waals surface area contributed by atoms with Crippen molar-refractivity contribution >= 4 is 23.2 Å². The van der Waals surface area contributed by atoms with E-state index in [2.05, 4.69) is 0 Å². The van der Waals surface area contributed by atoms with E-state index in [9.17, 15) is 19.1 Å². The zero-order valence-corrected chi connectivity index (χ0v) is 15.7. The molecule has 3 atom stereocenters. The minimum absolute atomic E-state index is 0.0520. The second kappa shape index (κ2) is 6.96. The number of benzene rings is 3. The van der Waals surface area contributed by atoms with E-state index in [4.69, 9.17) is 4.84 Å². The molecule has 150 valence electrons. The molecule has 5 rings (SSSR count). The summed E-state index contributed by atoms with van der Waals surface area (Å²) in [5.74, 6) is -2.15. The van der Waals surface area contributed by atoms with Crippen LogP contribution in [0.2, 0.25) is 0 Å². The van der Waals surface area contributed by atoms with E-state index in [1.807, 2.05) is 30.3 Å². The number of halogens is 1. The first-order chi connectivity index (χ1) is 14.5. The summed E-state index contributed by atoms with van der Waals surface area (Å²) < 4.78 is 13.3. The number of amides is 2. The smallest absolute Gasteiger partial charge is 0.266 e. The lowest BCUT2D eigenvalue weighted by Gasteiger charge is -2.28. The average molecular weight is 404 g/mol. The zero-order valence-electron chi connectivity index (χ0n) is 15.7. The number of para-hydroxylation sites is 1. The first-order valence-electron chi connectivity index (χ1n) is 9.48. The fraction of sp³-hybridized carbons (Fsp3) is 0.130. The van der Waals surface area contributed by atoms with Crippen LogP contribution in [-0.4, -0.2) is 23.0 Å². The summed E-state index contributed by atoms with van der Waals surface area (Å²) in [5.41, 5.74) is 1.63. The number of phenolic OH excluding ortho intramolecular Hbond substituents is 1. The molecule has 0 unspecified atom stereocenters. The van der Waals surface area contributed by atoms with Gasteiger partial charge in [0.05, 0.1) is 17.4 Å². The zero-order chi connectivity index (χ0) is 20.8. The van der Waals surface area contributed by atoms with Crippen LogP contribution in [-0.2, 0) is 14.4 Å². The van der Waals surface area contributed by atoms with Crippen molar-refractivity contribution in [1.82, 2.24) is 0 Å². The maximum atomic E-state index is 13.4. The molecule has 7 heteroatoms. The third-order valence-corrected chi connectivity index (χ3v) is 5.42. The largest absolute Gasteiger partial charge is 0.508 e. The lowest BCUT2D eigenvalue weighted by Crippen LogP contribution is -2.37. The summed E-state index contributed by atoms with van der Waals surface area (Å²) in [4.78, 5) is 33.5. The van der Waals surface area contributed by atoms with Crippen LogP contribution in [0, 0.1) is 11.7 Å². The molecular weight excluding hydrogens is 387 g/mol. The van der Waals surface area contributed by atoms with Gasteiger partial charge in [-0.15, -0.1) is 0 Å². The van der Waals surface area contributed by atoms with Gasteiger partial charge < -0.3 is 5.11 Å². The van der Waals surface area contributed by atoms with Gasteiger partial charge in [-0.25, -0.2) is 14.4 Å².